The number of hydrogen-bond donors (Lipinski definition) is 3. The van der Waals surface area contributed by atoms with Crippen LogP contribution in [0.1, 0.15) is 75.8 Å². The average Bonchev–Trinajstić information content (AvgIpc) is 3.40. The number of carbonyl (C=O) groups excluding carboxylic acids is 3. The second kappa shape index (κ2) is 10.5. The molecule has 2 aliphatic carbocycles. The number of nitrogens with one attached hydrogen (secondary N) is 2. The van der Waals surface area contributed by atoms with Crippen LogP contribution < -0.4 is 16.4 Å². The predicted molar refractivity (Wildman–Crippen MR) is 157 cm³/mol. The summed E-state index contributed by atoms with van der Waals surface area (Å²) in [4.78, 5) is 44.3. The van der Waals surface area contributed by atoms with E-state index in [2.05, 4.69) is 29.5 Å². The highest BCUT2D eigenvalue weighted by Crippen LogP contribution is 2.72. The van der Waals surface area contributed by atoms with Crippen molar-refractivity contribution < 1.29 is 23.5 Å². The standard InChI is InChI=1S/C31H35Cl2FN4O4/c1-29(2)8-10-30(11-9-29)14-19(27(40)37-17-4-6-22(26(35)39)42-15-17)23(18-7-12-36-25(33)24(18)34)31(30)20-5-3-16(32)13-21(20)38-28(31)41/h3,5,7,12-13,17,19,22-23H,4,6,8-11,14-15H2,1-2H3,(H2,35,39)(H,37,40)(H,38,41)/t17-,19-,22+,23+,31-/m0/s1. The van der Waals surface area contributed by atoms with Gasteiger partial charge < -0.3 is 21.1 Å². The summed E-state index contributed by atoms with van der Waals surface area (Å²) >= 11 is 12.6. The van der Waals surface area contributed by atoms with E-state index in [4.69, 9.17) is 33.7 Å². The van der Waals surface area contributed by atoms with Crippen LogP contribution in [0, 0.1) is 22.6 Å². The van der Waals surface area contributed by atoms with Gasteiger partial charge in [0.2, 0.25) is 17.7 Å². The van der Waals surface area contributed by atoms with E-state index in [0.717, 1.165) is 18.4 Å². The highest BCUT2D eigenvalue weighted by atomic mass is 35.5. The third-order valence-electron chi connectivity index (χ3n) is 10.4. The number of ether oxygens (including phenoxy) is 1. The van der Waals surface area contributed by atoms with Crippen LogP contribution in [0.5, 0.6) is 0 Å². The Morgan fingerprint density at radius 1 is 1.14 bits per heavy atom. The van der Waals surface area contributed by atoms with E-state index in [-0.39, 0.29) is 40.6 Å². The van der Waals surface area contributed by atoms with Gasteiger partial charge in [-0.15, -0.1) is 0 Å². The number of nitrogens with two attached hydrogens (primary N) is 1. The molecule has 6 rings (SSSR count). The number of hydrogen-bond acceptors (Lipinski definition) is 5. The minimum Gasteiger partial charge on any atom is -0.367 e. The van der Waals surface area contributed by atoms with Crippen LogP contribution in [0.25, 0.3) is 0 Å². The lowest BCUT2D eigenvalue weighted by atomic mass is 9.51. The van der Waals surface area contributed by atoms with Gasteiger partial charge in [-0.05, 0) is 85.1 Å². The van der Waals surface area contributed by atoms with Gasteiger partial charge in [0.05, 0.1) is 18.1 Å². The molecule has 0 radical (unpaired) electrons. The van der Waals surface area contributed by atoms with Crippen LogP contribution >= 0.6 is 23.2 Å². The van der Waals surface area contributed by atoms with E-state index in [1.807, 2.05) is 6.07 Å². The summed E-state index contributed by atoms with van der Waals surface area (Å²) in [6, 6.07) is 6.52. The largest absolute Gasteiger partial charge is 0.367 e. The Labute approximate surface area is 254 Å². The predicted octanol–water partition coefficient (Wildman–Crippen LogP) is 5.26. The molecule has 2 aromatic rings. The quantitative estimate of drug-likeness (QED) is 0.404. The van der Waals surface area contributed by atoms with Crippen LogP contribution in [-0.4, -0.2) is 41.5 Å². The lowest BCUT2D eigenvalue weighted by Crippen LogP contribution is -2.53. The lowest BCUT2D eigenvalue weighted by Gasteiger charge is -2.50. The Hall–Kier alpha value is -2.75. The van der Waals surface area contributed by atoms with Crippen molar-refractivity contribution in [3.8, 4) is 0 Å². The van der Waals surface area contributed by atoms with Crippen LogP contribution in [0.15, 0.2) is 30.5 Å². The molecule has 4 N–H and O–H groups in total. The summed E-state index contributed by atoms with van der Waals surface area (Å²) in [5, 5.41) is 6.34. The van der Waals surface area contributed by atoms with E-state index in [1.54, 1.807) is 18.2 Å². The van der Waals surface area contributed by atoms with Gasteiger partial charge >= 0.3 is 0 Å². The summed E-state index contributed by atoms with van der Waals surface area (Å²) in [5.74, 6) is -3.40. The van der Waals surface area contributed by atoms with E-state index < -0.39 is 40.5 Å². The summed E-state index contributed by atoms with van der Waals surface area (Å²) < 4.78 is 21.6. The molecule has 2 saturated carbocycles. The van der Waals surface area contributed by atoms with Crippen LogP contribution in [0.4, 0.5) is 10.1 Å². The molecule has 1 saturated heterocycles. The Balaban J connectivity index is 1.49. The van der Waals surface area contributed by atoms with Crippen LogP contribution in [0.2, 0.25) is 10.2 Å². The molecule has 5 atom stereocenters. The van der Waals surface area contributed by atoms with Crippen LogP contribution in [-0.2, 0) is 24.5 Å². The summed E-state index contributed by atoms with van der Waals surface area (Å²) in [6.07, 6.45) is 5.15. The number of anilines is 1. The van der Waals surface area contributed by atoms with Crippen molar-refractivity contribution in [2.45, 2.75) is 82.3 Å². The number of pyridine rings is 1. The maximum atomic E-state index is 16.0. The average molecular weight is 618 g/mol. The molecular weight excluding hydrogens is 582 g/mol. The van der Waals surface area contributed by atoms with Gasteiger partial charge in [0.25, 0.3) is 0 Å². The molecule has 11 heteroatoms. The minimum absolute atomic E-state index is 0.0712. The van der Waals surface area contributed by atoms with E-state index in [0.29, 0.717) is 42.8 Å². The fourth-order valence-electron chi connectivity index (χ4n) is 8.24. The highest BCUT2D eigenvalue weighted by Gasteiger charge is 2.72. The summed E-state index contributed by atoms with van der Waals surface area (Å²) in [6.45, 7) is 4.57. The smallest absolute Gasteiger partial charge is 0.246 e. The molecule has 2 spiro atoms. The molecule has 42 heavy (non-hydrogen) atoms. The van der Waals surface area contributed by atoms with Crippen LogP contribution in [0.3, 0.4) is 0 Å². The number of primary amides is 1. The normalized spacial score (nSPS) is 31.1. The Morgan fingerprint density at radius 3 is 2.55 bits per heavy atom. The number of aromatic nitrogens is 1. The maximum Gasteiger partial charge on any atom is 0.246 e. The highest BCUT2D eigenvalue weighted by molar-refractivity contribution is 6.31. The monoisotopic (exact) mass is 616 g/mol. The first kappa shape index (κ1) is 29.3. The second-order valence-electron chi connectivity index (χ2n) is 13.2. The number of benzene rings is 1. The minimum atomic E-state index is -1.24. The lowest BCUT2D eigenvalue weighted by molar-refractivity contribution is -0.134. The molecule has 1 aromatic carbocycles. The van der Waals surface area contributed by atoms with Crippen molar-refractivity contribution >= 4 is 46.6 Å². The number of halogens is 3. The van der Waals surface area contributed by atoms with Crippen molar-refractivity contribution in [1.29, 1.82) is 0 Å². The molecule has 3 heterocycles. The first-order valence-corrected chi connectivity index (χ1v) is 15.3. The van der Waals surface area contributed by atoms with E-state index >= 15 is 4.39 Å². The van der Waals surface area contributed by atoms with Crippen molar-refractivity contribution in [2.75, 3.05) is 11.9 Å². The fraction of sp³-hybridized carbons (Fsp3) is 0.548. The Morgan fingerprint density at radius 2 is 1.88 bits per heavy atom. The SMILES string of the molecule is CC1(C)CCC2(CC1)C[C@H](C(=O)N[C@H]1CC[C@H](C(N)=O)OC1)[C@@H](c1ccnc(Cl)c1F)[C@@]21C(=O)Nc2cc(Cl)ccc21. The van der Waals surface area contributed by atoms with Gasteiger partial charge in [0.15, 0.2) is 11.0 Å². The fourth-order valence-corrected chi connectivity index (χ4v) is 8.58. The first-order chi connectivity index (χ1) is 19.9. The van der Waals surface area contributed by atoms with Crippen molar-refractivity contribution in [3.63, 3.8) is 0 Å². The van der Waals surface area contributed by atoms with E-state index in [1.165, 1.54) is 6.20 Å². The number of fused-ring (bicyclic) bond motifs is 3. The number of carbonyl (C=O) groups is 3. The van der Waals surface area contributed by atoms with Crippen molar-refractivity contribution in [3.05, 3.63) is 57.6 Å². The van der Waals surface area contributed by atoms with Gasteiger partial charge in [0, 0.05) is 28.7 Å². The zero-order valence-electron chi connectivity index (χ0n) is 23.6. The van der Waals surface area contributed by atoms with Gasteiger partial charge in [-0.25, -0.2) is 9.37 Å². The third-order valence-corrected chi connectivity index (χ3v) is 10.9. The van der Waals surface area contributed by atoms with E-state index in [9.17, 15) is 14.4 Å². The zero-order chi connectivity index (χ0) is 30.0. The molecular formula is C31H35Cl2FN4O4. The number of amides is 3. The molecule has 3 fully saturated rings. The molecule has 1 aromatic heterocycles. The Bertz CT molecular complexity index is 1450. The maximum absolute atomic E-state index is 16.0. The van der Waals surface area contributed by atoms with Crippen molar-refractivity contribution in [1.82, 2.24) is 10.3 Å². The molecule has 4 aliphatic rings. The molecule has 224 valence electrons. The van der Waals surface area contributed by atoms with Gasteiger partial charge in [-0.1, -0.05) is 43.1 Å². The molecule has 0 bridgehead atoms. The van der Waals surface area contributed by atoms with Gasteiger partial charge in [0.1, 0.15) is 6.10 Å². The summed E-state index contributed by atoms with van der Waals surface area (Å²) in [7, 11) is 0. The zero-order valence-corrected chi connectivity index (χ0v) is 25.2. The third kappa shape index (κ3) is 4.50. The molecule has 2 aliphatic heterocycles. The number of rotatable bonds is 4. The topological polar surface area (TPSA) is 123 Å². The van der Waals surface area contributed by atoms with Gasteiger partial charge in [-0.2, -0.15) is 0 Å². The Kier molecular flexibility index (Phi) is 7.30. The first-order valence-electron chi connectivity index (χ1n) is 14.5. The number of nitrogens with zero attached hydrogens (tertiary/aromatic N) is 1. The summed E-state index contributed by atoms with van der Waals surface area (Å²) in [5.41, 5.74) is 5.12. The molecule has 8 nitrogen and oxygen atoms in total. The molecule has 0 unspecified atom stereocenters. The van der Waals surface area contributed by atoms with Crippen molar-refractivity contribution in [2.24, 2.45) is 22.5 Å². The second-order valence-corrected chi connectivity index (χ2v) is 14.0. The molecule has 3 amide bonds. The van der Waals surface area contributed by atoms with Gasteiger partial charge in [-0.3, -0.25) is 14.4 Å².